The summed E-state index contributed by atoms with van der Waals surface area (Å²) >= 11 is 0. The van der Waals surface area contributed by atoms with E-state index in [1.165, 1.54) is 12.1 Å². The lowest BCUT2D eigenvalue weighted by molar-refractivity contribution is -0.387. The van der Waals surface area contributed by atoms with Crippen LogP contribution in [0.25, 0.3) is 11.4 Å². The maximum Gasteiger partial charge on any atom is 0.322 e. The van der Waals surface area contributed by atoms with Gasteiger partial charge in [0.15, 0.2) is 0 Å². The lowest BCUT2D eigenvalue weighted by atomic mass is 10.2. The lowest BCUT2D eigenvalue weighted by Crippen LogP contribution is -2.15. The zero-order chi connectivity index (χ0) is 20.1. The molecule has 28 heavy (non-hydrogen) atoms. The van der Waals surface area contributed by atoms with Gasteiger partial charge in [0.1, 0.15) is 12.4 Å². The molecular formula is C17H13FN6O4. The number of nitrogens with zero attached hydrogens (tertiary/aromatic N) is 4. The third kappa shape index (κ3) is 4.52. The lowest BCUT2D eigenvalue weighted by Gasteiger charge is -2.10. The van der Waals surface area contributed by atoms with Crippen LogP contribution in [-0.2, 0) is 4.79 Å². The Morgan fingerprint density at radius 2 is 2.00 bits per heavy atom. The van der Waals surface area contributed by atoms with Gasteiger partial charge in [-0.2, -0.15) is 9.37 Å². The molecule has 3 N–H and O–H groups in total. The van der Waals surface area contributed by atoms with Crippen molar-refractivity contribution in [3.05, 3.63) is 64.6 Å². The van der Waals surface area contributed by atoms with Crippen molar-refractivity contribution in [2.45, 2.75) is 0 Å². The van der Waals surface area contributed by atoms with E-state index in [2.05, 4.69) is 25.6 Å². The molecule has 1 aromatic carbocycles. The summed E-state index contributed by atoms with van der Waals surface area (Å²) in [5, 5.41) is 25.1. The topological polar surface area (TPSA) is 143 Å². The normalized spacial score (nSPS) is 10.3. The van der Waals surface area contributed by atoms with Gasteiger partial charge in [-0.1, -0.05) is 6.07 Å². The molecule has 0 aliphatic heterocycles. The average molecular weight is 384 g/mol. The van der Waals surface area contributed by atoms with Crippen LogP contribution in [0.4, 0.5) is 27.5 Å². The Bertz CT molecular complexity index is 1030. The molecule has 3 aromatic rings. The highest BCUT2D eigenvalue weighted by Gasteiger charge is 2.15. The molecule has 11 heteroatoms. The zero-order valence-corrected chi connectivity index (χ0v) is 14.2. The van der Waals surface area contributed by atoms with Crippen molar-refractivity contribution in [2.75, 3.05) is 17.2 Å². The van der Waals surface area contributed by atoms with Gasteiger partial charge in [0.2, 0.25) is 11.8 Å². The SMILES string of the molecule is O=C(O)CNc1nc(Nc2ccc(F)c([N+](=O)[O-])c2)cc(-c2ccccn2)n1. The van der Waals surface area contributed by atoms with Crippen LogP contribution in [0.2, 0.25) is 0 Å². The van der Waals surface area contributed by atoms with E-state index in [-0.39, 0.29) is 17.5 Å². The van der Waals surface area contributed by atoms with Crippen molar-refractivity contribution >= 4 is 29.1 Å². The first-order valence-electron chi connectivity index (χ1n) is 7.89. The number of carboxylic acid groups (broad SMARTS) is 1. The molecule has 0 aliphatic carbocycles. The summed E-state index contributed by atoms with van der Waals surface area (Å²) < 4.78 is 13.5. The Morgan fingerprint density at radius 1 is 1.18 bits per heavy atom. The van der Waals surface area contributed by atoms with Crippen LogP contribution in [-0.4, -0.2) is 37.5 Å². The number of benzene rings is 1. The Hall–Kier alpha value is -4.15. The number of pyridine rings is 1. The largest absolute Gasteiger partial charge is 0.480 e. The van der Waals surface area contributed by atoms with Gasteiger partial charge in [-0.25, -0.2) is 4.98 Å². The van der Waals surface area contributed by atoms with Crippen molar-refractivity contribution in [3.63, 3.8) is 0 Å². The van der Waals surface area contributed by atoms with E-state index >= 15 is 0 Å². The molecule has 0 saturated heterocycles. The number of anilines is 3. The number of nitro groups is 1. The van der Waals surface area contributed by atoms with Crippen LogP contribution in [0.1, 0.15) is 0 Å². The molecule has 0 bridgehead atoms. The maximum atomic E-state index is 13.5. The van der Waals surface area contributed by atoms with E-state index in [0.717, 1.165) is 12.1 Å². The fourth-order valence-corrected chi connectivity index (χ4v) is 2.27. The molecule has 0 radical (unpaired) electrons. The fraction of sp³-hybridized carbons (Fsp3) is 0.0588. The number of aliphatic carboxylic acids is 1. The molecule has 142 valence electrons. The van der Waals surface area contributed by atoms with Crippen LogP contribution in [0.3, 0.4) is 0 Å². The Balaban J connectivity index is 1.97. The minimum atomic E-state index is -1.10. The quantitative estimate of drug-likeness (QED) is 0.414. The summed E-state index contributed by atoms with van der Waals surface area (Å²) in [7, 11) is 0. The number of aromatic nitrogens is 3. The molecule has 0 unspecified atom stereocenters. The van der Waals surface area contributed by atoms with Crippen LogP contribution in [0, 0.1) is 15.9 Å². The van der Waals surface area contributed by atoms with E-state index < -0.39 is 28.9 Å². The number of nitro benzene ring substituents is 1. The second-order valence-corrected chi connectivity index (χ2v) is 5.47. The number of nitrogens with one attached hydrogen (secondary N) is 2. The Labute approximate surface area is 157 Å². The molecular weight excluding hydrogens is 371 g/mol. The molecule has 2 heterocycles. The van der Waals surface area contributed by atoms with Crippen molar-refractivity contribution in [3.8, 4) is 11.4 Å². The first-order valence-corrected chi connectivity index (χ1v) is 7.89. The second-order valence-electron chi connectivity index (χ2n) is 5.47. The van der Waals surface area contributed by atoms with Gasteiger partial charge < -0.3 is 15.7 Å². The first kappa shape index (κ1) is 18.6. The highest BCUT2D eigenvalue weighted by molar-refractivity contribution is 5.72. The Morgan fingerprint density at radius 3 is 2.68 bits per heavy atom. The zero-order valence-electron chi connectivity index (χ0n) is 14.2. The summed E-state index contributed by atoms with van der Waals surface area (Å²) in [6, 6.07) is 10.0. The number of hydrogen-bond acceptors (Lipinski definition) is 8. The number of carboxylic acids is 1. The van der Waals surface area contributed by atoms with Crippen LogP contribution < -0.4 is 10.6 Å². The monoisotopic (exact) mass is 384 g/mol. The standard InChI is InChI=1S/C17H13FN6O4/c18-11-5-4-10(7-14(11)24(27)28)21-15-8-13(12-3-1-2-6-19-12)22-17(23-15)20-9-16(25)26/h1-8H,9H2,(H,25,26)(H2,20,21,22,23). The van der Waals surface area contributed by atoms with E-state index in [4.69, 9.17) is 5.11 Å². The minimum absolute atomic E-state index is 0.0182. The van der Waals surface area contributed by atoms with Crippen molar-refractivity contribution in [1.82, 2.24) is 15.0 Å². The maximum absolute atomic E-state index is 13.5. The molecule has 0 atom stereocenters. The van der Waals surface area contributed by atoms with Gasteiger partial charge in [0.05, 0.1) is 16.3 Å². The van der Waals surface area contributed by atoms with Crippen molar-refractivity contribution in [1.29, 1.82) is 0 Å². The first-order chi connectivity index (χ1) is 13.4. The molecule has 0 amide bonds. The summed E-state index contributed by atoms with van der Waals surface area (Å²) in [6.07, 6.45) is 1.57. The average Bonchev–Trinajstić information content (AvgIpc) is 2.68. The second kappa shape index (κ2) is 8.03. The summed E-state index contributed by atoms with van der Waals surface area (Å²) in [5.41, 5.74) is 0.440. The highest BCUT2D eigenvalue weighted by atomic mass is 19.1. The van der Waals surface area contributed by atoms with Crippen molar-refractivity contribution in [2.24, 2.45) is 0 Å². The van der Waals surface area contributed by atoms with E-state index in [1.54, 1.807) is 24.4 Å². The third-order valence-corrected chi connectivity index (χ3v) is 3.47. The van der Waals surface area contributed by atoms with Crippen LogP contribution in [0.15, 0.2) is 48.7 Å². The predicted molar refractivity (Wildman–Crippen MR) is 97.7 cm³/mol. The van der Waals surface area contributed by atoms with Gasteiger partial charge in [-0.05, 0) is 24.3 Å². The smallest absolute Gasteiger partial charge is 0.322 e. The van der Waals surface area contributed by atoms with E-state index in [1.807, 2.05) is 0 Å². The molecule has 0 saturated carbocycles. The molecule has 0 spiro atoms. The third-order valence-electron chi connectivity index (χ3n) is 3.47. The van der Waals surface area contributed by atoms with Gasteiger partial charge in [-0.3, -0.25) is 19.9 Å². The minimum Gasteiger partial charge on any atom is -0.480 e. The van der Waals surface area contributed by atoms with Crippen LogP contribution in [0.5, 0.6) is 0 Å². The summed E-state index contributed by atoms with van der Waals surface area (Å²) in [6.45, 7) is -0.410. The van der Waals surface area contributed by atoms with E-state index in [9.17, 15) is 19.3 Å². The predicted octanol–water partition coefficient (Wildman–Crippen LogP) is 2.83. The molecule has 10 nitrogen and oxygen atoms in total. The fourth-order valence-electron chi connectivity index (χ4n) is 2.27. The summed E-state index contributed by atoms with van der Waals surface area (Å²) in [5.74, 6) is -1.83. The number of rotatable bonds is 7. The molecule has 0 fully saturated rings. The van der Waals surface area contributed by atoms with Crippen molar-refractivity contribution < 1.29 is 19.2 Å². The molecule has 3 rings (SSSR count). The van der Waals surface area contributed by atoms with Gasteiger partial charge in [0, 0.05) is 24.0 Å². The Kier molecular flexibility index (Phi) is 5.35. The summed E-state index contributed by atoms with van der Waals surface area (Å²) in [4.78, 5) is 33.4. The van der Waals surface area contributed by atoms with E-state index in [0.29, 0.717) is 11.4 Å². The van der Waals surface area contributed by atoms with Gasteiger partial charge in [-0.15, -0.1) is 0 Å². The number of hydrogen-bond donors (Lipinski definition) is 3. The van der Waals surface area contributed by atoms with Gasteiger partial charge in [0.25, 0.3) is 0 Å². The molecule has 0 aliphatic rings. The van der Waals surface area contributed by atoms with Gasteiger partial charge >= 0.3 is 11.7 Å². The number of carbonyl (C=O) groups is 1. The van der Waals surface area contributed by atoms with Crippen LogP contribution >= 0.6 is 0 Å². The highest BCUT2D eigenvalue weighted by Crippen LogP contribution is 2.26. The number of halogens is 1. The molecule has 2 aromatic heterocycles.